The molecule has 43 heavy (non-hydrogen) atoms. The highest BCUT2D eigenvalue weighted by molar-refractivity contribution is 7.81. The van der Waals surface area contributed by atoms with E-state index in [4.69, 9.17) is 0 Å². The van der Waals surface area contributed by atoms with Crippen molar-refractivity contribution < 1.29 is 0 Å². The van der Waals surface area contributed by atoms with E-state index < -0.39 is 0 Å². The standard InChI is InChI=1S/C36H57P7/c1-5-24-14-13-21-40(24)30-15-9-10-16-31(30)41-25(6-2)22-27(29(41)8-4)28-23-26(7-3)42(36(28)39)32-17-11-12-18-33(32)43-34(37)19-20-35(43)38/h9-12,15-18,24-29,34-36H,5-8,13-14,19-23,37-39H2,1-4H3/t24-,25-,26-,27?,28?,29-,34+,35+,36+,40?,41?,42?/m1/s1. The number of rotatable bonds is 9. The molecular weight excluding hydrogens is 649 g/mol. The number of benzene rings is 2. The van der Waals surface area contributed by atoms with Crippen LogP contribution in [-0.4, -0.2) is 45.0 Å². The average molecular weight is 707 g/mol. The molecule has 2 aromatic rings. The molecule has 4 aliphatic heterocycles. The van der Waals surface area contributed by atoms with Gasteiger partial charge in [0.15, 0.2) is 0 Å². The molecule has 0 radical (unpaired) electrons. The second kappa shape index (κ2) is 15.3. The third-order valence-electron chi connectivity index (χ3n) is 11.6. The second-order valence-electron chi connectivity index (χ2n) is 13.7. The van der Waals surface area contributed by atoms with Crippen LogP contribution in [0.15, 0.2) is 48.5 Å². The highest BCUT2D eigenvalue weighted by Gasteiger charge is 2.52. The van der Waals surface area contributed by atoms with Gasteiger partial charge in [-0.15, -0.1) is 27.7 Å². The van der Waals surface area contributed by atoms with E-state index in [2.05, 4.69) is 104 Å². The zero-order valence-corrected chi connectivity index (χ0v) is 34.2. The van der Waals surface area contributed by atoms with Crippen LogP contribution in [0.5, 0.6) is 0 Å². The smallest absolute Gasteiger partial charge is 0.00119 e. The zero-order chi connectivity index (χ0) is 30.2. The molecule has 8 unspecified atom stereocenters. The molecule has 0 nitrogen and oxygen atoms in total. The summed E-state index contributed by atoms with van der Waals surface area (Å²) in [4.78, 5) is 0. The van der Waals surface area contributed by atoms with Gasteiger partial charge < -0.3 is 0 Å². The van der Waals surface area contributed by atoms with Crippen LogP contribution >= 0.6 is 59.4 Å². The summed E-state index contributed by atoms with van der Waals surface area (Å²) in [6.45, 7) is 10.1. The first-order valence-corrected chi connectivity index (χ1v) is 25.5. The van der Waals surface area contributed by atoms with Crippen molar-refractivity contribution in [3.05, 3.63) is 48.5 Å². The fourth-order valence-corrected chi connectivity index (χ4v) is 29.0. The van der Waals surface area contributed by atoms with E-state index in [0.29, 0.717) is 0 Å². The summed E-state index contributed by atoms with van der Waals surface area (Å²) in [6.07, 6.45) is 15.6. The van der Waals surface area contributed by atoms with Crippen molar-refractivity contribution in [2.45, 2.75) is 131 Å². The lowest BCUT2D eigenvalue weighted by molar-refractivity contribution is 0.322. The van der Waals surface area contributed by atoms with Gasteiger partial charge in [0.05, 0.1) is 0 Å². The largest absolute Gasteiger partial charge is 0.129 e. The van der Waals surface area contributed by atoms with Gasteiger partial charge in [0.1, 0.15) is 0 Å². The minimum Gasteiger partial charge on any atom is -0.129 e. The third kappa shape index (κ3) is 6.59. The van der Waals surface area contributed by atoms with Crippen molar-refractivity contribution in [2.24, 2.45) is 11.8 Å². The highest BCUT2D eigenvalue weighted by atomic mass is 31.2. The Labute approximate surface area is 276 Å². The first-order valence-electron chi connectivity index (χ1n) is 17.5. The molecule has 4 aliphatic rings. The van der Waals surface area contributed by atoms with Crippen LogP contribution in [0.4, 0.5) is 0 Å². The Bertz CT molecular complexity index is 1210. The van der Waals surface area contributed by atoms with Crippen molar-refractivity contribution >= 4 is 80.6 Å². The van der Waals surface area contributed by atoms with Gasteiger partial charge in [-0.25, -0.2) is 0 Å². The van der Waals surface area contributed by atoms with Gasteiger partial charge in [-0.1, -0.05) is 108 Å². The third-order valence-corrected chi connectivity index (χ3v) is 29.3. The maximum absolute atomic E-state index is 3.55. The Morgan fingerprint density at radius 2 is 1.09 bits per heavy atom. The van der Waals surface area contributed by atoms with Crippen molar-refractivity contribution in [3.8, 4) is 0 Å². The van der Waals surface area contributed by atoms with Crippen molar-refractivity contribution in [3.63, 3.8) is 0 Å². The molecule has 0 aromatic heterocycles. The summed E-state index contributed by atoms with van der Waals surface area (Å²) in [6, 6.07) is 19.9. The maximum Gasteiger partial charge on any atom is 0.00119 e. The zero-order valence-electron chi connectivity index (χ0n) is 27.1. The molecule has 0 aliphatic carbocycles. The van der Waals surface area contributed by atoms with E-state index >= 15 is 0 Å². The lowest BCUT2D eigenvalue weighted by Gasteiger charge is -2.35. The van der Waals surface area contributed by atoms with E-state index in [1.165, 1.54) is 70.4 Å². The van der Waals surface area contributed by atoms with Gasteiger partial charge in [-0.05, 0) is 137 Å². The first kappa shape index (κ1) is 34.3. The first-order chi connectivity index (χ1) is 20.9. The lowest BCUT2D eigenvalue weighted by Crippen LogP contribution is -2.31. The fourth-order valence-electron chi connectivity index (χ4n) is 9.55. The Kier molecular flexibility index (Phi) is 12.2. The Morgan fingerprint density at radius 3 is 1.67 bits per heavy atom. The number of hydrogen-bond donors (Lipinski definition) is 0. The van der Waals surface area contributed by atoms with E-state index in [0.717, 1.165) is 50.7 Å². The van der Waals surface area contributed by atoms with Crippen molar-refractivity contribution in [1.29, 1.82) is 0 Å². The molecule has 2 aromatic carbocycles. The Hall–Kier alpha value is 1.45. The molecule has 7 heteroatoms. The van der Waals surface area contributed by atoms with Gasteiger partial charge >= 0.3 is 0 Å². The van der Waals surface area contributed by atoms with Gasteiger partial charge in [-0.3, -0.25) is 0 Å². The summed E-state index contributed by atoms with van der Waals surface area (Å²) in [5.74, 6) is 1.79. The molecule has 236 valence electrons. The fraction of sp³-hybridized carbons (Fsp3) is 0.667. The van der Waals surface area contributed by atoms with Crippen LogP contribution in [0.3, 0.4) is 0 Å². The van der Waals surface area contributed by atoms with Crippen molar-refractivity contribution in [2.75, 3.05) is 6.16 Å². The van der Waals surface area contributed by atoms with Crippen LogP contribution < -0.4 is 21.2 Å². The van der Waals surface area contributed by atoms with Crippen molar-refractivity contribution in [1.82, 2.24) is 0 Å². The molecule has 0 saturated carbocycles. The average Bonchev–Trinajstić information content (AvgIpc) is 3.80. The topological polar surface area (TPSA) is 0 Å². The van der Waals surface area contributed by atoms with E-state index in [1.54, 1.807) is 10.6 Å². The summed E-state index contributed by atoms with van der Waals surface area (Å²) in [5, 5.41) is 9.65. The van der Waals surface area contributed by atoms with Crippen LogP contribution in [0.25, 0.3) is 0 Å². The Morgan fingerprint density at radius 1 is 0.581 bits per heavy atom. The minimum atomic E-state index is -0.157. The van der Waals surface area contributed by atoms with Gasteiger partial charge in [0.2, 0.25) is 0 Å². The summed E-state index contributed by atoms with van der Waals surface area (Å²) in [7, 11) is 9.75. The molecule has 4 heterocycles. The molecule has 4 saturated heterocycles. The van der Waals surface area contributed by atoms with Crippen LogP contribution in [0.2, 0.25) is 0 Å². The normalized spacial score (nSPS) is 40.1. The molecule has 0 N–H and O–H groups in total. The monoisotopic (exact) mass is 706 g/mol. The SMILES string of the molecule is CC[C@@H]1CCCP1c1ccccc1P1[C@H](CC)CC(C2C[C@@H](CC)P(c3ccccc3P3[C@H](P)CC[C@H]3P)[C@@H]2P)[C@H]1CC. The summed E-state index contributed by atoms with van der Waals surface area (Å²) >= 11 is 0. The Balaban J connectivity index is 1.33. The molecule has 4 fully saturated rings. The van der Waals surface area contributed by atoms with Crippen LogP contribution in [-0.2, 0) is 0 Å². The second-order valence-corrected chi connectivity index (χ2v) is 28.2. The molecule has 0 bridgehead atoms. The van der Waals surface area contributed by atoms with Crippen LogP contribution in [0.1, 0.15) is 91.9 Å². The highest BCUT2D eigenvalue weighted by Crippen LogP contribution is 2.70. The number of hydrogen-bond acceptors (Lipinski definition) is 0. The minimum absolute atomic E-state index is 0.0283. The van der Waals surface area contributed by atoms with Crippen LogP contribution in [0, 0.1) is 11.8 Å². The quantitative estimate of drug-likeness (QED) is 0.228. The van der Waals surface area contributed by atoms with E-state index in [-0.39, 0.29) is 31.7 Å². The predicted molar refractivity (Wildman–Crippen MR) is 215 cm³/mol. The van der Waals surface area contributed by atoms with E-state index in [9.17, 15) is 0 Å². The van der Waals surface area contributed by atoms with Gasteiger partial charge in [0, 0.05) is 5.40 Å². The lowest BCUT2D eigenvalue weighted by atomic mass is 9.82. The molecule has 15 atom stereocenters. The molecule has 6 rings (SSSR count). The predicted octanol–water partition coefficient (Wildman–Crippen LogP) is 10.2. The molecular formula is C36H57P7. The molecule has 0 amide bonds. The van der Waals surface area contributed by atoms with Gasteiger partial charge in [0.25, 0.3) is 0 Å². The van der Waals surface area contributed by atoms with Gasteiger partial charge in [-0.2, -0.15) is 0 Å². The summed E-state index contributed by atoms with van der Waals surface area (Å²) in [5.41, 5.74) is 3.67. The molecule has 0 spiro atoms. The maximum atomic E-state index is 3.55. The van der Waals surface area contributed by atoms with E-state index in [1.807, 2.05) is 10.6 Å². The summed E-state index contributed by atoms with van der Waals surface area (Å²) < 4.78 is 0.